The van der Waals surface area contributed by atoms with Gasteiger partial charge in [-0.3, -0.25) is 4.99 Å². The molecule has 0 unspecified atom stereocenters. The third-order valence-corrected chi connectivity index (χ3v) is 4.54. The van der Waals surface area contributed by atoms with E-state index in [9.17, 15) is 0 Å². The fraction of sp³-hybridized carbons (Fsp3) is 0.875. The molecule has 2 aliphatic heterocycles. The van der Waals surface area contributed by atoms with Gasteiger partial charge in [-0.15, -0.1) is 0 Å². The van der Waals surface area contributed by atoms with Gasteiger partial charge in [0, 0.05) is 17.5 Å². The Morgan fingerprint density at radius 1 is 1.67 bits per heavy atom. The van der Waals surface area contributed by atoms with Crippen LogP contribution in [0.15, 0.2) is 4.99 Å². The van der Waals surface area contributed by atoms with Crippen LogP contribution in [-0.4, -0.2) is 35.0 Å². The Morgan fingerprint density at radius 3 is 3.33 bits per heavy atom. The molecule has 1 atom stereocenters. The molecule has 4 heteroatoms. The van der Waals surface area contributed by atoms with Crippen molar-refractivity contribution < 1.29 is 0 Å². The van der Waals surface area contributed by atoms with Gasteiger partial charge in [0.25, 0.3) is 0 Å². The van der Waals surface area contributed by atoms with Crippen molar-refractivity contribution in [2.75, 3.05) is 24.6 Å². The van der Waals surface area contributed by atoms with Crippen molar-refractivity contribution in [3.05, 3.63) is 0 Å². The second kappa shape index (κ2) is 4.53. The molecule has 0 aromatic carbocycles. The standard InChI is InChI=1S/C8H14N2S2/c1-2-7(9-3-1)6-12-8-10-4-5-11-8/h7,9H,1-6H2/t7-/m1/s1. The van der Waals surface area contributed by atoms with E-state index in [1.54, 1.807) is 0 Å². The van der Waals surface area contributed by atoms with Crippen molar-refractivity contribution in [2.45, 2.75) is 18.9 Å². The summed E-state index contributed by atoms with van der Waals surface area (Å²) < 4.78 is 1.31. The van der Waals surface area contributed by atoms with Crippen LogP contribution in [0.25, 0.3) is 0 Å². The molecule has 68 valence electrons. The maximum atomic E-state index is 4.41. The van der Waals surface area contributed by atoms with Crippen LogP contribution in [0.3, 0.4) is 0 Å². The van der Waals surface area contributed by atoms with Crippen molar-refractivity contribution in [1.82, 2.24) is 5.32 Å². The lowest BCUT2D eigenvalue weighted by atomic mass is 10.3. The summed E-state index contributed by atoms with van der Waals surface area (Å²) >= 11 is 3.84. The predicted octanol–water partition coefficient (Wildman–Crippen LogP) is 1.57. The van der Waals surface area contributed by atoms with Gasteiger partial charge in [-0.1, -0.05) is 23.5 Å². The zero-order valence-corrected chi connectivity index (χ0v) is 8.72. The summed E-state index contributed by atoms with van der Waals surface area (Å²) in [4.78, 5) is 4.41. The Morgan fingerprint density at radius 2 is 2.67 bits per heavy atom. The first-order chi connectivity index (χ1) is 5.95. The highest BCUT2D eigenvalue weighted by molar-refractivity contribution is 8.39. The summed E-state index contributed by atoms with van der Waals surface area (Å²) in [5, 5.41) is 3.50. The van der Waals surface area contributed by atoms with E-state index in [1.807, 2.05) is 23.5 Å². The molecule has 2 rings (SSSR count). The molecule has 0 aromatic rings. The summed E-state index contributed by atoms with van der Waals surface area (Å²) in [5.74, 6) is 2.41. The summed E-state index contributed by atoms with van der Waals surface area (Å²) in [5.41, 5.74) is 0. The lowest BCUT2D eigenvalue weighted by Crippen LogP contribution is -2.23. The number of hydrogen-bond donors (Lipinski definition) is 1. The van der Waals surface area contributed by atoms with Gasteiger partial charge >= 0.3 is 0 Å². The molecule has 1 fully saturated rings. The first kappa shape index (κ1) is 8.91. The monoisotopic (exact) mass is 202 g/mol. The summed E-state index contributed by atoms with van der Waals surface area (Å²) in [7, 11) is 0. The van der Waals surface area contributed by atoms with Crippen LogP contribution in [0.1, 0.15) is 12.8 Å². The third kappa shape index (κ3) is 2.41. The van der Waals surface area contributed by atoms with E-state index in [0.717, 1.165) is 12.6 Å². The van der Waals surface area contributed by atoms with E-state index >= 15 is 0 Å². The van der Waals surface area contributed by atoms with E-state index in [1.165, 1.54) is 35.3 Å². The minimum absolute atomic E-state index is 0.749. The lowest BCUT2D eigenvalue weighted by molar-refractivity contribution is 0.675. The Balaban J connectivity index is 1.67. The van der Waals surface area contributed by atoms with E-state index in [4.69, 9.17) is 0 Å². The lowest BCUT2D eigenvalue weighted by Gasteiger charge is -2.07. The smallest absolute Gasteiger partial charge is 0.124 e. The molecule has 0 aromatic heterocycles. The van der Waals surface area contributed by atoms with Crippen LogP contribution in [-0.2, 0) is 0 Å². The zero-order chi connectivity index (χ0) is 8.23. The molecule has 0 radical (unpaired) electrons. The van der Waals surface area contributed by atoms with Crippen molar-refractivity contribution in [1.29, 1.82) is 0 Å². The molecule has 1 saturated heterocycles. The topological polar surface area (TPSA) is 24.4 Å². The minimum atomic E-state index is 0.749. The largest absolute Gasteiger partial charge is 0.313 e. The number of thioether (sulfide) groups is 2. The summed E-state index contributed by atoms with van der Waals surface area (Å²) in [6.45, 7) is 2.25. The number of rotatable bonds is 2. The van der Waals surface area contributed by atoms with Gasteiger partial charge in [0.2, 0.25) is 0 Å². The van der Waals surface area contributed by atoms with Crippen LogP contribution < -0.4 is 5.32 Å². The van der Waals surface area contributed by atoms with Crippen LogP contribution in [0.4, 0.5) is 0 Å². The molecule has 2 heterocycles. The number of hydrogen-bond acceptors (Lipinski definition) is 4. The second-order valence-electron chi connectivity index (χ2n) is 3.10. The van der Waals surface area contributed by atoms with Gasteiger partial charge in [0.1, 0.15) is 4.38 Å². The second-order valence-corrected chi connectivity index (χ2v) is 5.45. The van der Waals surface area contributed by atoms with Gasteiger partial charge in [0.15, 0.2) is 0 Å². The fourth-order valence-corrected chi connectivity index (χ4v) is 3.61. The van der Waals surface area contributed by atoms with Gasteiger partial charge in [-0.25, -0.2) is 0 Å². The van der Waals surface area contributed by atoms with Crippen molar-refractivity contribution in [2.24, 2.45) is 4.99 Å². The molecule has 0 saturated carbocycles. The van der Waals surface area contributed by atoms with Gasteiger partial charge in [0.05, 0.1) is 6.54 Å². The zero-order valence-electron chi connectivity index (χ0n) is 7.08. The molecule has 12 heavy (non-hydrogen) atoms. The Labute approximate surface area is 82.0 Å². The highest BCUT2D eigenvalue weighted by atomic mass is 32.2. The van der Waals surface area contributed by atoms with Crippen LogP contribution in [0.2, 0.25) is 0 Å². The predicted molar refractivity (Wildman–Crippen MR) is 58.2 cm³/mol. The SMILES string of the molecule is C1CN[C@@H](CSC2=NCCS2)C1. The first-order valence-electron chi connectivity index (χ1n) is 4.48. The highest BCUT2D eigenvalue weighted by Crippen LogP contribution is 2.23. The average molecular weight is 202 g/mol. The average Bonchev–Trinajstić information content (AvgIpc) is 2.74. The number of aliphatic imine (C=N–C) groups is 1. The van der Waals surface area contributed by atoms with E-state index in [2.05, 4.69) is 10.3 Å². The quantitative estimate of drug-likeness (QED) is 0.735. The Bertz CT molecular complexity index is 176. The molecule has 2 aliphatic rings. The highest BCUT2D eigenvalue weighted by Gasteiger charge is 2.16. The van der Waals surface area contributed by atoms with Gasteiger partial charge in [-0.05, 0) is 19.4 Å². The van der Waals surface area contributed by atoms with Crippen LogP contribution in [0.5, 0.6) is 0 Å². The van der Waals surface area contributed by atoms with E-state index < -0.39 is 0 Å². The van der Waals surface area contributed by atoms with E-state index in [-0.39, 0.29) is 0 Å². The first-order valence-corrected chi connectivity index (χ1v) is 6.46. The molecule has 0 aliphatic carbocycles. The Kier molecular flexibility index (Phi) is 3.37. The minimum Gasteiger partial charge on any atom is -0.313 e. The summed E-state index contributed by atoms with van der Waals surface area (Å²) in [6, 6.07) is 0.749. The molecule has 0 amide bonds. The van der Waals surface area contributed by atoms with Crippen molar-refractivity contribution >= 4 is 27.9 Å². The van der Waals surface area contributed by atoms with Crippen LogP contribution >= 0.6 is 23.5 Å². The molecule has 0 bridgehead atoms. The van der Waals surface area contributed by atoms with Crippen molar-refractivity contribution in [3.63, 3.8) is 0 Å². The fourth-order valence-electron chi connectivity index (χ4n) is 1.47. The number of nitrogens with one attached hydrogen (secondary N) is 1. The molecule has 2 nitrogen and oxygen atoms in total. The van der Waals surface area contributed by atoms with Gasteiger partial charge in [-0.2, -0.15) is 0 Å². The normalized spacial score (nSPS) is 29.3. The molecular formula is C8H14N2S2. The van der Waals surface area contributed by atoms with Gasteiger partial charge < -0.3 is 5.32 Å². The molecule has 1 N–H and O–H groups in total. The van der Waals surface area contributed by atoms with E-state index in [0.29, 0.717) is 0 Å². The third-order valence-electron chi connectivity index (χ3n) is 2.13. The summed E-state index contributed by atoms with van der Waals surface area (Å²) in [6.07, 6.45) is 2.70. The molecule has 0 spiro atoms. The Hall–Kier alpha value is 0.330. The number of nitrogens with zero attached hydrogens (tertiary/aromatic N) is 1. The van der Waals surface area contributed by atoms with Crippen LogP contribution in [0, 0.1) is 0 Å². The molecular weight excluding hydrogens is 188 g/mol. The van der Waals surface area contributed by atoms with Crippen molar-refractivity contribution in [3.8, 4) is 0 Å². The maximum Gasteiger partial charge on any atom is 0.124 e. The maximum absolute atomic E-state index is 4.41.